The number of benzene rings is 1. The van der Waals surface area contributed by atoms with Gasteiger partial charge in [0.15, 0.2) is 9.84 Å². The summed E-state index contributed by atoms with van der Waals surface area (Å²) < 4.78 is 50.5. The summed E-state index contributed by atoms with van der Waals surface area (Å²) in [5, 5.41) is 0. The molecule has 0 spiro atoms. The van der Waals surface area contributed by atoms with Gasteiger partial charge in [0, 0.05) is 14.1 Å². The Bertz CT molecular complexity index is 693. The first-order chi connectivity index (χ1) is 8.72. The van der Waals surface area contributed by atoms with Crippen LogP contribution in [0, 0.1) is 0 Å². The number of nitrogens with zero attached hydrogens (tertiary/aromatic N) is 1. The zero-order chi connectivity index (χ0) is 14.3. The van der Waals surface area contributed by atoms with Gasteiger partial charge in [-0.3, -0.25) is 4.72 Å². The van der Waals surface area contributed by atoms with Crippen molar-refractivity contribution in [2.24, 2.45) is 0 Å². The number of sulfone groups is 1. The molecular weight excluding hydrogens is 288 g/mol. The van der Waals surface area contributed by atoms with E-state index in [-0.39, 0.29) is 5.75 Å². The highest BCUT2D eigenvalue weighted by Crippen LogP contribution is 2.27. The lowest BCUT2D eigenvalue weighted by Crippen LogP contribution is -2.29. The predicted octanol–water partition coefficient (Wildman–Crippen LogP) is 0.625. The molecule has 6 nitrogen and oxygen atoms in total. The first-order valence-electron chi connectivity index (χ1n) is 5.78. The summed E-state index contributed by atoms with van der Waals surface area (Å²) in [5.74, 6) is 0.156. The maximum Gasteiger partial charge on any atom is 0.301 e. The van der Waals surface area contributed by atoms with Gasteiger partial charge in [-0.05, 0) is 36.6 Å². The number of nitrogens with one attached hydrogen (secondary N) is 1. The van der Waals surface area contributed by atoms with E-state index < -0.39 is 20.0 Å². The molecule has 19 heavy (non-hydrogen) atoms. The molecule has 2 rings (SSSR count). The van der Waals surface area contributed by atoms with Gasteiger partial charge in [-0.1, -0.05) is 0 Å². The maximum atomic E-state index is 11.8. The fourth-order valence-corrected chi connectivity index (χ4v) is 4.13. The Morgan fingerprint density at radius 3 is 2.58 bits per heavy atom. The largest absolute Gasteiger partial charge is 0.301 e. The van der Waals surface area contributed by atoms with Crippen molar-refractivity contribution in [2.75, 3.05) is 24.6 Å². The minimum Gasteiger partial charge on any atom is -0.271 e. The summed E-state index contributed by atoms with van der Waals surface area (Å²) in [5.41, 5.74) is 1.05. The standard InChI is InChI=1S/C11H16N2O4S2/c1-13(2)19(16,17)12-10-5-6-11-9(8-10)4-3-7-18(11,14)15/h5-6,8,12H,3-4,7H2,1-2H3. The van der Waals surface area contributed by atoms with Gasteiger partial charge in [0.2, 0.25) is 0 Å². The molecule has 1 aromatic carbocycles. The molecule has 0 radical (unpaired) electrons. The van der Waals surface area contributed by atoms with Crippen molar-refractivity contribution in [3.63, 3.8) is 0 Å². The Balaban J connectivity index is 2.38. The van der Waals surface area contributed by atoms with Gasteiger partial charge in [-0.15, -0.1) is 0 Å². The van der Waals surface area contributed by atoms with E-state index in [9.17, 15) is 16.8 Å². The number of rotatable bonds is 3. The van der Waals surface area contributed by atoms with E-state index in [2.05, 4.69) is 4.72 Å². The Labute approximate surface area is 113 Å². The van der Waals surface area contributed by atoms with Gasteiger partial charge in [0.1, 0.15) is 0 Å². The van der Waals surface area contributed by atoms with E-state index in [0.29, 0.717) is 29.0 Å². The quantitative estimate of drug-likeness (QED) is 0.887. The van der Waals surface area contributed by atoms with Crippen molar-refractivity contribution in [2.45, 2.75) is 17.7 Å². The van der Waals surface area contributed by atoms with Gasteiger partial charge in [-0.25, -0.2) is 8.42 Å². The summed E-state index contributed by atoms with van der Waals surface area (Å²) in [7, 11) is -3.94. The normalized spacial score (nSPS) is 18.1. The third kappa shape index (κ3) is 2.90. The van der Waals surface area contributed by atoms with Gasteiger partial charge in [0.05, 0.1) is 16.3 Å². The molecule has 0 amide bonds. The van der Waals surface area contributed by atoms with Crippen LogP contribution < -0.4 is 4.72 Å². The lowest BCUT2D eigenvalue weighted by molar-refractivity contribution is 0.527. The molecule has 1 heterocycles. The molecule has 0 aromatic heterocycles. The number of hydrogen-bond donors (Lipinski definition) is 1. The summed E-state index contributed by atoms with van der Waals surface area (Å²) in [6.45, 7) is 0. The molecule has 0 bridgehead atoms. The smallest absolute Gasteiger partial charge is 0.271 e. The molecule has 0 saturated heterocycles. The van der Waals surface area contributed by atoms with Crippen LogP contribution in [-0.2, 0) is 26.5 Å². The van der Waals surface area contributed by atoms with Crippen LogP contribution >= 0.6 is 0 Å². The second kappa shape index (κ2) is 4.77. The minimum atomic E-state index is -3.57. The molecule has 0 fully saturated rings. The Morgan fingerprint density at radius 2 is 1.95 bits per heavy atom. The molecule has 1 aliphatic heterocycles. The van der Waals surface area contributed by atoms with E-state index >= 15 is 0 Å². The van der Waals surface area contributed by atoms with Crippen LogP contribution in [0.2, 0.25) is 0 Å². The third-order valence-corrected chi connectivity index (χ3v) is 6.33. The lowest BCUT2D eigenvalue weighted by Gasteiger charge is -2.18. The molecule has 1 aromatic rings. The zero-order valence-electron chi connectivity index (χ0n) is 10.8. The van der Waals surface area contributed by atoms with Crippen molar-refractivity contribution < 1.29 is 16.8 Å². The summed E-state index contributed by atoms with van der Waals surface area (Å²) in [4.78, 5) is 0.312. The van der Waals surface area contributed by atoms with E-state index in [1.54, 1.807) is 6.07 Å². The van der Waals surface area contributed by atoms with E-state index in [4.69, 9.17) is 0 Å². The number of hydrogen-bond acceptors (Lipinski definition) is 4. The van der Waals surface area contributed by atoms with Gasteiger partial charge < -0.3 is 0 Å². The molecule has 1 aliphatic rings. The highest BCUT2D eigenvalue weighted by atomic mass is 32.2. The van der Waals surface area contributed by atoms with Crippen LogP contribution in [0.25, 0.3) is 0 Å². The van der Waals surface area contributed by atoms with Crippen molar-refractivity contribution in [3.05, 3.63) is 23.8 Å². The number of aryl methyl sites for hydroxylation is 1. The highest BCUT2D eigenvalue weighted by molar-refractivity contribution is 7.91. The Morgan fingerprint density at radius 1 is 1.26 bits per heavy atom. The number of fused-ring (bicyclic) bond motifs is 1. The molecular formula is C11H16N2O4S2. The Kier molecular flexibility index (Phi) is 3.59. The van der Waals surface area contributed by atoms with E-state index in [1.165, 1.54) is 26.2 Å². The average molecular weight is 304 g/mol. The first kappa shape index (κ1) is 14.3. The van der Waals surface area contributed by atoms with Crippen molar-refractivity contribution in [3.8, 4) is 0 Å². The lowest BCUT2D eigenvalue weighted by atomic mass is 10.1. The topological polar surface area (TPSA) is 83.6 Å². The first-order valence-corrected chi connectivity index (χ1v) is 8.87. The van der Waals surface area contributed by atoms with Gasteiger partial charge in [-0.2, -0.15) is 12.7 Å². The van der Waals surface area contributed by atoms with Crippen molar-refractivity contribution in [1.29, 1.82) is 0 Å². The van der Waals surface area contributed by atoms with Crippen molar-refractivity contribution in [1.82, 2.24) is 4.31 Å². The monoisotopic (exact) mass is 304 g/mol. The molecule has 0 aliphatic carbocycles. The fourth-order valence-electron chi connectivity index (χ4n) is 1.94. The molecule has 0 saturated carbocycles. The predicted molar refractivity (Wildman–Crippen MR) is 73.0 cm³/mol. The van der Waals surface area contributed by atoms with Crippen LogP contribution in [0.1, 0.15) is 12.0 Å². The van der Waals surface area contributed by atoms with Crippen LogP contribution in [-0.4, -0.2) is 41.0 Å². The summed E-state index contributed by atoms with van der Waals surface area (Å²) >= 11 is 0. The molecule has 106 valence electrons. The molecule has 0 unspecified atom stereocenters. The highest BCUT2D eigenvalue weighted by Gasteiger charge is 2.24. The molecule has 1 N–H and O–H groups in total. The minimum absolute atomic E-state index is 0.156. The molecule has 8 heteroatoms. The van der Waals surface area contributed by atoms with E-state index in [0.717, 1.165) is 4.31 Å². The second-order valence-electron chi connectivity index (χ2n) is 4.63. The molecule has 0 atom stereocenters. The van der Waals surface area contributed by atoms with Crippen LogP contribution in [0.5, 0.6) is 0 Å². The average Bonchev–Trinajstić information content (AvgIpc) is 2.27. The SMILES string of the molecule is CN(C)S(=O)(=O)Nc1ccc2c(c1)CCCS2(=O)=O. The fraction of sp³-hybridized carbons (Fsp3) is 0.455. The second-order valence-corrected chi connectivity index (χ2v) is 8.60. The van der Waals surface area contributed by atoms with Gasteiger partial charge in [0.25, 0.3) is 0 Å². The zero-order valence-corrected chi connectivity index (χ0v) is 12.4. The maximum absolute atomic E-state index is 11.8. The van der Waals surface area contributed by atoms with Crippen molar-refractivity contribution >= 4 is 25.7 Å². The van der Waals surface area contributed by atoms with Crippen LogP contribution in [0.15, 0.2) is 23.1 Å². The summed E-state index contributed by atoms with van der Waals surface area (Å²) in [6, 6.07) is 4.53. The van der Waals surface area contributed by atoms with Crippen LogP contribution in [0.3, 0.4) is 0 Å². The third-order valence-electron chi connectivity index (χ3n) is 2.98. The Hall–Kier alpha value is -1.12. The van der Waals surface area contributed by atoms with E-state index in [1.807, 2.05) is 0 Å². The van der Waals surface area contributed by atoms with Gasteiger partial charge >= 0.3 is 10.2 Å². The summed E-state index contributed by atoms with van der Waals surface area (Å²) in [6.07, 6.45) is 1.21. The number of anilines is 1. The van der Waals surface area contributed by atoms with Crippen LogP contribution in [0.4, 0.5) is 5.69 Å².